The second-order valence-corrected chi connectivity index (χ2v) is 10.9. The number of hydrogen-bond acceptors (Lipinski definition) is 5. The molecule has 4 atom stereocenters. The molecule has 4 heterocycles. The fourth-order valence-corrected chi connectivity index (χ4v) is 6.82. The number of fused-ring (bicyclic) bond motifs is 3. The van der Waals surface area contributed by atoms with Crippen LogP contribution in [-0.4, -0.2) is 69.8 Å². The zero-order valence-corrected chi connectivity index (χ0v) is 22.4. The number of imidazole rings is 1. The third kappa shape index (κ3) is 6.08. The van der Waals surface area contributed by atoms with E-state index >= 15 is 0 Å². The lowest BCUT2D eigenvalue weighted by Gasteiger charge is -2.41. The molecule has 212 valence electrons. The van der Waals surface area contributed by atoms with Crippen LogP contribution in [0.3, 0.4) is 0 Å². The van der Waals surface area contributed by atoms with E-state index < -0.39 is 24.5 Å². The highest BCUT2D eigenvalue weighted by Gasteiger charge is 2.43. The van der Waals surface area contributed by atoms with Crippen molar-refractivity contribution in [1.82, 2.24) is 24.7 Å². The molecule has 0 radical (unpaired) electrons. The molecule has 11 heteroatoms. The molecule has 2 fully saturated rings. The lowest BCUT2D eigenvalue weighted by Crippen LogP contribution is -2.45. The fourth-order valence-electron chi connectivity index (χ4n) is 6.82. The van der Waals surface area contributed by atoms with Gasteiger partial charge in [0.25, 0.3) is 0 Å². The first kappa shape index (κ1) is 27.5. The van der Waals surface area contributed by atoms with Gasteiger partial charge in [0, 0.05) is 37.6 Å². The Hall–Kier alpha value is -3.08. The molecule has 5 rings (SSSR count). The van der Waals surface area contributed by atoms with Crippen molar-refractivity contribution in [2.75, 3.05) is 20.2 Å². The van der Waals surface area contributed by atoms with Gasteiger partial charge < -0.3 is 19.5 Å². The minimum Gasteiger partial charge on any atom is -0.453 e. The van der Waals surface area contributed by atoms with Crippen LogP contribution in [-0.2, 0) is 22.5 Å². The van der Waals surface area contributed by atoms with Crippen LogP contribution in [0.2, 0.25) is 0 Å². The fraction of sp³-hybridized carbons (Fsp3) is 0.607. The number of hydrogen-bond donors (Lipinski definition) is 1. The third-order valence-electron chi connectivity index (χ3n) is 8.46. The lowest BCUT2D eigenvalue weighted by atomic mass is 9.95. The maximum absolute atomic E-state index is 12.8. The molecule has 3 aliphatic heterocycles. The van der Waals surface area contributed by atoms with E-state index in [-0.39, 0.29) is 12.1 Å². The van der Waals surface area contributed by atoms with E-state index in [1.807, 2.05) is 37.3 Å². The zero-order chi connectivity index (χ0) is 27.7. The number of nitrogens with zero attached hydrogens (tertiary/aromatic N) is 4. The Morgan fingerprint density at radius 3 is 2.46 bits per heavy atom. The van der Waals surface area contributed by atoms with E-state index in [4.69, 9.17) is 9.72 Å². The first-order valence-electron chi connectivity index (χ1n) is 13.7. The number of amides is 2. The lowest BCUT2D eigenvalue weighted by molar-refractivity contribution is -0.154. The molecule has 1 unspecified atom stereocenters. The van der Waals surface area contributed by atoms with Gasteiger partial charge in [0.15, 0.2) is 0 Å². The minimum atomic E-state index is -4.54. The minimum absolute atomic E-state index is 0.281. The Morgan fingerprint density at radius 1 is 1.13 bits per heavy atom. The van der Waals surface area contributed by atoms with Crippen molar-refractivity contribution in [3.8, 4) is 0 Å². The number of carbonyl (C=O) groups excluding carboxylic acids is 2. The first-order valence-corrected chi connectivity index (χ1v) is 13.7. The number of alkyl halides is 3. The summed E-state index contributed by atoms with van der Waals surface area (Å²) in [6.07, 6.45) is -1.03. The number of nitrogens with one attached hydrogen (secondary N) is 1. The largest absolute Gasteiger partial charge is 0.453 e. The van der Waals surface area contributed by atoms with Crippen molar-refractivity contribution in [1.29, 1.82) is 0 Å². The van der Waals surface area contributed by atoms with Crippen molar-refractivity contribution >= 4 is 12.0 Å². The average molecular weight is 548 g/mol. The number of halogens is 3. The van der Waals surface area contributed by atoms with Crippen LogP contribution in [0.15, 0.2) is 30.3 Å². The van der Waals surface area contributed by atoms with Gasteiger partial charge in [-0.3, -0.25) is 9.69 Å². The summed E-state index contributed by atoms with van der Waals surface area (Å²) >= 11 is 0. The summed E-state index contributed by atoms with van der Waals surface area (Å²) in [7, 11) is 1.40. The van der Waals surface area contributed by atoms with Crippen molar-refractivity contribution in [2.24, 2.45) is 0 Å². The molecule has 2 saturated heterocycles. The normalized spacial score (nSPS) is 23.8. The molecular formula is C28H36F3N5O3. The van der Waals surface area contributed by atoms with Gasteiger partial charge >= 0.3 is 12.3 Å². The highest BCUT2D eigenvalue weighted by molar-refractivity contribution is 5.77. The van der Waals surface area contributed by atoms with Crippen LogP contribution in [0.25, 0.3) is 0 Å². The van der Waals surface area contributed by atoms with Gasteiger partial charge in [0.05, 0.1) is 31.1 Å². The standard InChI is InChI=1S/C28H36F3N5O3/c1-18-32-24-10-12-34(27(38)39-2)17-25(24)36(18)22-14-20-8-9-21(15-22)35(20)13-11-23(19-6-4-3-5-7-19)33-26(37)16-28(29,30)31/h3-7,20-23H,8-17H2,1-2H3,(H,33,37)/t20-,21+,22?,23-/m0/s1. The topological polar surface area (TPSA) is 79.7 Å². The second-order valence-electron chi connectivity index (χ2n) is 10.9. The number of benzene rings is 1. The Labute approximate surface area is 226 Å². The van der Waals surface area contributed by atoms with Crippen molar-refractivity contribution in [3.05, 3.63) is 53.1 Å². The molecule has 2 aromatic rings. The Kier molecular flexibility index (Phi) is 7.89. The molecule has 0 aliphatic carbocycles. The third-order valence-corrected chi connectivity index (χ3v) is 8.46. The van der Waals surface area contributed by atoms with Gasteiger partial charge in [-0.25, -0.2) is 9.78 Å². The van der Waals surface area contributed by atoms with Gasteiger partial charge in [0.1, 0.15) is 12.2 Å². The van der Waals surface area contributed by atoms with E-state index in [1.54, 1.807) is 4.90 Å². The van der Waals surface area contributed by atoms with Gasteiger partial charge in [0.2, 0.25) is 5.91 Å². The SMILES string of the molecule is COC(=O)N1CCc2nc(C)n(C3C[C@H]4CC[C@@H](C3)N4CC[C@H](NC(=O)CC(F)(F)F)c3ccccc3)c2C1. The van der Waals surface area contributed by atoms with Crippen molar-refractivity contribution in [2.45, 2.75) is 88.8 Å². The first-order chi connectivity index (χ1) is 18.6. The molecule has 0 saturated carbocycles. The number of aryl methyl sites for hydroxylation is 1. The molecule has 1 N–H and O–H groups in total. The number of methoxy groups -OCH3 is 1. The summed E-state index contributed by atoms with van der Waals surface area (Å²) in [6.45, 7) is 3.82. The number of carbonyl (C=O) groups is 2. The summed E-state index contributed by atoms with van der Waals surface area (Å²) in [5, 5.41) is 2.63. The van der Waals surface area contributed by atoms with Crippen LogP contribution in [0.1, 0.15) is 73.4 Å². The molecule has 39 heavy (non-hydrogen) atoms. The van der Waals surface area contributed by atoms with Gasteiger partial charge in [-0.05, 0) is 44.6 Å². The highest BCUT2D eigenvalue weighted by atomic mass is 19.4. The second kappa shape index (κ2) is 11.2. The molecule has 8 nitrogen and oxygen atoms in total. The summed E-state index contributed by atoms with van der Waals surface area (Å²) in [6, 6.07) is 9.73. The predicted octanol–water partition coefficient (Wildman–Crippen LogP) is 4.68. The van der Waals surface area contributed by atoms with Crippen LogP contribution in [0, 0.1) is 6.92 Å². The van der Waals surface area contributed by atoms with E-state index in [0.29, 0.717) is 44.6 Å². The van der Waals surface area contributed by atoms with Crippen LogP contribution in [0.5, 0.6) is 0 Å². The van der Waals surface area contributed by atoms with E-state index in [0.717, 1.165) is 48.5 Å². The summed E-state index contributed by atoms with van der Waals surface area (Å²) in [4.78, 5) is 33.4. The quantitative estimate of drug-likeness (QED) is 0.545. The molecule has 2 amide bonds. The predicted molar refractivity (Wildman–Crippen MR) is 138 cm³/mol. The van der Waals surface area contributed by atoms with Crippen LogP contribution >= 0.6 is 0 Å². The van der Waals surface area contributed by atoms with E-state index in [1.165, 1.54) is 7.11 Å². The number of rotatable bonds is 7. The van der Waals surface area contributed by atoms with Gasteiger partial charge in [-0.1, -0.05) is 30.3 Å². The van der Waals surface area contributed by atoms with Gasteiger partial charge in [-0.15, -0.1) is 0 Å². The smallest absolute Gasteiger partial charge is 0.409 e. The maximum Gasteiger partial charge on any atom is 0.409 e. The van der Waals surface area contributed by atoms with E-state index in [9.17, 15) is 22.8 Å². The Balaban J connectivity index is 1.27. The summed E-state index contributed by atoms with van der Waals surface area (Å²) in [5.41, 5.74) is 2.97. The highest BCUT2D eigenvalue weighted by Crippen LogP contribution is 2.43. The molecular weight excluding hydrogens is 511 g/mol. The Morgan fingerprint density at radius 2 is 1.82 bits per heavy atom. The number of ether oxygens (including phenoxy) is 1. The van der Waals surface area contributed by atoms with Crippen molar-refractivity contribution in [3.63, 3.8) is 0 Å². The summed E-state index contributed by atoms with van der Waals surface area (Å²) < 4.78 is 45.7. The molecule has 3 aliphatic rings. The average Bonchev–Trinajstić information content (AvgIpc) is 3.35. The van der Waals surface area contributed by atoms with Crippen molar-refractivity contribution < 1.29 is 27.5 Å². The maximum atomic E-state index is 12.8. The number of aromatic nitrogens is 2. The Bertz CT molecular complexity index is 1170. The molecule has 2 bridgehead atoms. The zero-order valence-electron chi connectivity index (χ0n) is 22.4. The monoisotopic (exact) mass is 547 g/mol. The van der Waals surface area contributed by atoms with Gasteiger partial charge in [-0.2, -0.15) is 13.2 Å². The van der Waals surface area contributed by atoms with E-state index in [2.05, 4.69) is 14.8 Å². The summed E-state index contributed by atoms with van der Waals surface area (Å²) in [5.74, 6) is -0.0273. The van der Waals surface area contributed by atoms with Crippen LogP contribution < -0.4 is 5.32 Å². The van der Waals surface area contributed by atoms with Crippen LogP contribution in [0.4, 0.5) is 18.0 Å². The molecule has 1 aromatic heterocycles. The molecule has 1 aromatic carbocycles. The number of piperidine rings is 1. The molecule has 0 spiro atoms.